The van der Waals surface area contributed by atoms with Gasteiger partial charge in [0.1, 0.15) is 5.04 Å². The summed E-state index contributed by atoms with van der Waals surface area (Å²) in [5.74, 6) is -0.371. The Hall–Kier alpha value is -2.64. The number of nitrogens with zero attached hydrogens (tertiary/aromatic N) is 4. The SMILES string of the molecule is CCCCC1=NN2C(=N)/C(=C/c3cccn3-c3ccc(C)c(Cl)c3)C(=O)N=C2S1. The number of rotatable bonds is 5. The van der Waals surface area contributed by atoms with E-state index in [2.05, 4.69) is 17.0 Å². The Morgan fingerprint density at radius 1 is 1.31 bits per heavy atom. The highest BCUT2D eigenvalue weighted by Gasteiger charge is 2.35. The van der Waals surface area contributed by atoms with Crippen LogP contribution in [0.15, 0.2) is 52.2 Å². The van der Waals surface area contributed by atoms with Crippen LogP contribution in [0.3, 0.4) is 0 Å². The number of thioether (sulfide) groups is 1. The first-order valence-corrected chi connectivity index (χ1v) is 10.6. The number of nitrogens with one attached hydrogen (secondary N) is 1. The molecule has 6 nitrogen and oxygen atoms in total. The molecule has 0 bridgehead atoms. The number of aliphatic imine (C=N–C) groups is 1. The molecule has 2 aromatic rings. The first-order valence-electron chi connectivity index (χ1n) is 9.41. The van der Waals surface area contributed by atoms with Crippen molar-refractivity contribution in [3.8, 4) is 5.69 Å². The Balaban J connectivity index is 1.67. The fraction of sp³-hybridized carbons (Fsp3) is 0.238. The van der Waals surface area contributed by atoms with Crippen LogP contribution < -0.4 is 0 Å². The summed E-state index contributed by atoms with van der Waals surface area (Å²) in [6, 6.07) is 9.57. The number of unbranched alkanes of at least 4 members (excludes halogenated alkanes) is 1. The normalized spacial score (nSPS) is 17.6. The van der Waals surface area contributed by atoms with Gasteiger partial charge in [0, 0.05) is 22.6 Å². The standard InChI is InChI=1S/C21H20ClN5OS/c1-3-4-7-18-25-27-19(23)16(20(28)24-21(27)29-18)11-14-6-5-10-26(14)15-9-8-13(2)17(22)12-15/h5-6,8-12,23H,3-4,7H2,1-2H3/b16-11-,23-19?. The molecule has 148 valence electrons. The summed E-state index contributed by atoms with van der Waals surface area (Å²) in [6.45, 7) is 4.07. The van der Waals surface area contributed by atoms with Crippen LogP contribution in [0.2, 0.25) is 5.02 Å². The van der Waals surface area contributed by atoms with Gasteiger partial charge < -0.3 is 4.57 Å². The van der Waals surface area contributed by atoms with Gasteiger partial charge in [-0.1, -0.05) is 31.0 Å². The van der Waals surface area contributed by atoms with E-state index in [4.69, 9.17) is 17.0 Å². The number of carbonyl (C=O) groups is 1. The number of benzene rings is 1. The minimum atomic E-state index is -0.421. The lowest BCUT2D eigenvalue weighted by Gasteiger charge is -2.20. The van der Waals surface area contributed by atoms with E-state index in [0.29, 0.717) is 10.2 Å². The van der Waals surface area contributed by atoms with Crippen molar-refractivity contribution in [2.24, 2.45) is 10.1 Å². The van der Waals surface area contributed by atoms with Crippen molar-refractivity contribution >= 4 is 51.4 Å². The Morgan fingerprint density at radius 3 is 2.90 bits per heavy atom. The van der Waals surface area contributed by atoms with Gasteiger partial charge in [-0.25, -0.2) is 0 Å². The molecular weight excluding hydrogens is 406 g/mol. The number of aromatic nitrogens is 1. The zero-order valence-electron chi connectivity index (χ0n) is 16.1. The van der Waals surface area contributed by atoms with E-state index in [1.165, 1.54) is 16.8 Å². The number of hydrogen-bond donors (Lipinski definition) is 1. The highest BCUT2D eigenvalue weighted by molar-refractivity contribution is 8.26. The van der Waals surface area contributed by atoms with E-state index in [0.717, 1.165) is 41.3 Å². The zero-order chi connectivity index (χ0) is 20.5. The van der Waals surface area contributed by atoms with Crippen molar-refractivity contribution in [3.05, 3.63) is 58.4 Å². The third-order valence-electron chi connectivity index (χ3n) is 4.75. The predicted molar refractivity (Wildman–Crippen MR) is 120 cm³/mol. The minimum absolute atomic E-state index is 0.0497. The number of amidine groups is 2. The average molecular weight is 426 g/mol. The number of fused-ring (bicyclic) bond motifs is 1. The van der Waals surface area contributed by atoms with Crippen molar-refractivity contribution in [2.45, 2.75) is 33.1 Å². The molecule has 2 aliphatic heterocycles. The van der Waals surface area contributed by atoms with Gasteiger partial charge in [-0.2, -0.15) is 15.1 Å². The number of halogens is 1. The van der Waals surface area contributed by atoms with Crippen LogP contribution in [0.1, 0.15) is 37.4 Å². The Bertz CT molecular complexity index is 1100. The number of aryl methyl sites for hydroxylation is 1. The van der Waals surface area contributed by atoms with Crippen molar-refractivity contribution in [3.63, 3.8) is 0 Å². The second kappa shape index (κ2) is 8.00. The van der Waals surface area contributed by atoms with Crippen LogP contribution >= 0.6 is 23.4 Å². The van der Waals surface area contributed by atoms with Crippen LogP contribution in [0.25, 0.3) is 11.8 Å². The maximum Gasteiger partial charge on any atom is 0.283 e. The summed E-state index contributed by atoms with van der Waals surface area (Å²) in [5.41, 5.74) is 2.86. The van der Waals surface area contributed by atoms with E-state index in [-0.39, 0.29) is 11.4 Å². The summed E-state index contributed by atoms with van der Waals surface area (Å²) < 4.78 is 1.92. The second-order valence-electron chi connectivity index (χ2n) is 6.85. The molecule has 1 aromatic heterocycles. The van der Waals surface area contributed by atoms with E-state index >= 15 is 0 Å². The zero-order valence-corrected chi connectivity index (χ0v) is 17.7. The number of carbonyl (C=O) groups excluding carboxylic acids is 1. The Labute approximate surface area is 178 Å². The molecule has 0 radical (unpaired) electrons. The molecule has 0 atom stereocenters. The van der Waals surface area contributed by atoms with Gasteiger partial charge in [0.25, 0.3) is 5.91 Å². The third kappa shape index (κ3) is 3.80. The van der Waals surface area contributed by atoms with Crippen LogP contribution in [0.4, 0.5) is 0 Å². The maximum absolute atomic E-state index is 12.6. The van der Waals surface area contributed by atoms with E-state index in [1.807, 2.05) is 48.0 Å². The van der Waals surface area contributed by atoms with Crippen molar-refractivity contribution in [2.75, 3.05) is 0 Å². The van der Waals surface area contributed by atoms with Gasteiger partial charge in [0.15, 0.2) is 5.84 Å². The molecule has 0 unspecified atom stereocenters. The molecule has 0 spiro atoms. The van der Waals surface area contributed by atoms with Gasteiger partial charge in [0.2, 0.25) is 5.17 Å². The molecule has 0 saturated carbocycles. The molecule has 0 fully saturated rings. The second-order valence-corrected chi connectivity index (χ2v) is 8.30. The first-order chi connectivity index (χ1) is 14.0. The average Bonchev–Trinajstić information content (AvgIpc) is 3.32. The highest BCUT2D eigenvalue weighted by Crippen LogP contribution is 2.30. The minimum Gasteiger partial charge on any atom is -0.317 e. The van der Waals surface area contributed by atoms with Crippen LogP contribution in [0.5, 0.6) is 0 Å². The summed E-state index contributed by atoms with van der Waals surface area (Å²) in [6.07, 6.45) is 6.49. The maximum atomic E-state index is 12.6. The lowest BCUT2D eigenvalue weighted by Crippen LogP contribution is -2.35. The fourth-order valence-corrected chi connectivity index (χ4v) is 4.19. The van der Waals surface area contributed by atoms with E-state index in [9.17, 15) is 4.79 Å². The van der Waals surface area contributed by atoms with Crippen LogP contribution in [-0.4, -0.2) is 31.5 Å². The van der Waals surface area contributed by atoms with Crippen LogP contribution in [0, 0.1) is 12.3 Å². The molecule has 2 aliphatic rings. The lowest BCUT2D eigenvalue weighted by atomic mass is 10.1. The Morgan fingerprint density at radius 2 is 2.14 bits per heavy atom. The molecular formula is C21H20ClN5OS. The summed E-state index contributed by atoms with van der Waals surface area (Å²) in [5, 5.41) is 16.5. The van der Waals surface area contributed by atoms with Gasteiger partial charge in [0.05, 0.1) is 5.57 Å². The first kappa shape index (κ1) is 19.7. The number of hydrazone groups is 1. The van der Waals surface area contributed by atoms with Gasteiger partial charge in [-0.05, 0) is 67.4 Å². The van der Waals surface area contributed by atoms with Crippen molar-refractivity contribution in [1.82, 2.24) is 9.58 Å². The summed E-state index contributed by atoms with van der Waals surface area (Å²) in [4.78, 5) is 16.8. The smallest absolute Gasteiger partial charge is 0.283 e. The molecule has 3 heterocycles. The van der Waals surface area contributed by atoms with E-state index in [1.54, 1.807) is 6.08 Å². The predicted octanol–water partition coefficient (Wildman–Crippen LogP) is 5.25. The van der Waals surface area contributed by atoms with Crippen LogP contribution in [-0.2, 0) is 4.79 Å². The monoisotopic (exact) mass is 425 g/mol. The topological polar surface area (TPSA) is 73.8 Å². The molecule has 1 N–H and O–H groups in total. The fourth-order valence-electron chi connectivity index (χ4n) is 3.09. The van der Waals surface area contributed by atoms with Gasteiger partial charge >= 0.3 is 0 Å². The lowest BCUT2D eigenvalue weighted by molar-refractivity contribution is -0.114. The van der Waals surface area contributed by atoms with Gasteiger partial charge in [-0.15, -0.1) is 0 Å². The number of amides is 1. The summed E-state index contributed by atoms with van der Waals surface area (Å²) >= 11 is 7.65. The van der Waals surface area contributed by atoms with E-state index < -0.39 is 5.91 Å². The Kier molecular flexibility index (Phi) is 5.43. The molecule has 1 aromatic carbocycles. The number of hydrogen-bond acceptors (Lipinski definition) is 4. The quantitative estimate of drug-likeness (QED) is 0.665. The molecule has 8 heteroatoms. The third-order valence-corrected chi connectivity index (χ3v) is 6.12. The highest BCUT2D eigenvalue weighted by atomic mass is 35.5. The molecule has 29 heavy (non-hydrogen) atoms. The molecule has 1 amide bonds. The van der Waals surface area contributed by atoms with Crippen molar-refractivity contribution in [1.29, 1.82) is 5.41 Å². The molecule has 0 saturated heterocycles. The summed E-state index contributed by atoms with van der Waals surface area (Å²) in [7, 11) is 0. The van der Waals surface area contributed by atoms with Gasteiger partial charge in [-0.3, -0.25) is 10.2 Å². The largest absolute Gasteiger partial charge is 0.317 e. The molecule has 0 aliphatic carbocycles. The molecule has 4 rings (SSSR count). The van der Waals surface area contributed by atoms with Crippen molar-refractivity contribution < 1.29 is 4.79 Å².